The van der Waals surface area contributed by atoms with Crippen LogP contribution in [0.3, 0.4) is 0 Å². The van der Waals surface area contributed by atoms with E-state index in [4.69, 9.17) is 4.74 Å². The fourth-order valence-corrected chi connectivity index (χ4v) is 2.12. The van der Waals surface area contributed by atoms with E-state index in [0.717, 1.165) is 44.2 Å². The number of halogens is 2. The van der Waals surface area contributed by atoms with Gasteiger partial charge in [-0.15, -0.1) is 24.8 Å². The molecule has 0 saturated carbocycles. The molecule has 1 aliphatic rings. The minimum absolute atomic E-state index is 0. The second-order valence-corrected chi connectivity index (χ2v) is 4.62. The Balaban J connectivity index is 0.00000200. The number of carbonyl (C=O) groups excluding carboxylic acids is 1. The van der Waals surface area contributed by atoms with E-state index in [9.17, 15) is 4.79 Å². The zero-order chi connectivity index (χ0) is 13.5. The summed E-state index contributed by atoms with van der Waals surface area (Å²) in [6.45, 7) is 4.88. The Kier molecular flexibility index (Phi) is 10.2. The number of nitrogens with zero attached hydrogens (tertiary/aromatic N) is 1. The molecular weight excluding hydrogens is 313 g/mol. The fraction of sp³-hybridized carbons (Fsp3) is 0.500. The molecule has 0 spiro atoms. The van der Waals surface area contributed by atoms with Crippen LogP contribution in [-0.2, 0) is 4.79 Å². The first-order valence-corrected chi connectivity index (χ1v) is 6.65. The van der Waals surface area contributed by atoms with Crippen LogP contribution in [0.25, 0.3) is 0 Å². The summed E-state index contributed by atoms with van der Waals surface area (Å²) < 4.78 is 5.13. The Morgan fingerprint density at radius 2 is 2.05 bits per heavy atom. The smallest absolute Gasteiger partial charge is 0.225 e. The first-order valence-electron chi connectivity index (χ1n) is 6.65. The molecule has 7 heteroatoms. The summed E-state index contributed by atoms with van der Waals surface area (Å²) in [7, 11) is 1.62. The van der Waals surface area contributed by atoms with Gasteiger partial charge >= 0.3 is 0 Å². The Labute approximate surface area is 138 Å². The number of hydrogen-bond donors (Lipinski definition) is 2. The Morgan fingerprint density at radius 1 is 1.33 bits per heavy atom. The van der Waals surface area contributed by atoms with Crippen LogP contribution in [0, 0.1) is 0 Å². The van der Waals surface area contributed by atoms with E-state index >= 15 is 0 Å². The van der Waals surface area contributed by atoms with Crippen LogP contribution in [0.1, 0.15) is 6.42 Å². The third kappa shape index (κ3) is 7.00. The van der Waals surface area contributed by atoms with Crippen molar-refractivity contribution < 1.29 is 9.53 Å². The van der Waals surface area contributed by atoms with Crippen LogP contribution >= 0.6 is 24.8 Å². The molecular formula is C14H23Cl2N3O2. The second-order valence-electron chi connectivity index (χ2n) is 4.62. The first-order chi connectivity index (χ1) is 9.28. The Bertz CT molecular complexity index is 426. The van der Waals surface area contributed by atoms with Crippen molar-refractivity contribution in [1.29, 1.82) is 0 Å². The maximum Gasteiger partial charge on any atom is 0.225 e. The topological polar surface area (TPSA) is 53.6 Å². The van der Waals surface area contributed by atoms with E-state index in [2.05, 4.69) is 15.5 Å². The molecule has 1 heterocycles. The molecule has 1 aromatic rings. The average Bonchev–Trinajstić information content (AvgIpc) is 2.46. The van der Waals surface area contributed by atoms with Gasteiger partial charge in [0, 0.05) is 50.9 Å². The van der Waals surface area contributed by atoms with Crippen molar-refractivity contribution in [2.45, 2.75) is 6.42 Å². The van der Waals surface area contributed by atoms with Crippen molar-refractivity contribution in [2.24, 2.45) is 0 Å². The lowest BCUT2D eigenvalue weighted by molar-refractivity contribution is -0.116. The van der Waals surface area contributed by atoms with Crippen LogP contribution in [0.5, 0.6) is 5.75 Å². The highest BCUT2D eigenvalue weighted by Gasteiger charge is 2.11. The molecule has 1 aromatic carbocycles. The zero-order valence-electron chi connectivity index (χ0n) is 12.1. The predicted molar refractivity (Wildman–Crippen MR) is 90.0 cm³/mol. The lowest BCUT2D eigenvalue weighted by Crippen LogP contribution is -2.44. The Hall–Kier alpha value is -1.01. The summed E-state index contributed by atoms with van der Waals surface area (Å²) in [5.74, 6) is 0.798. The van der Waals surface area contributed by atoms with Crippen molar-refractivity contribution >= 4 is 36.4 Å². The normalized spacial score (nSPS) is 14.5. The largest absolute Gasteiger partial charge is 0.497 e. The van der Waals surface area contributed by atoms with E-state index < -0.39 is 0 Å². The number of hydrogen-bond acceptors (Lipinski definition) is 4. The van der Waals surface area contributed by atoms with Crippen LogP contribution < -0.4 is 15.4 Å². The van der Waals surface area contributed by atoms with Crippen LogP contribution in [0.4, 0.5) is 5.69 Å². The second kappa shape index (κ2) is 10.7. The van der Waals surface area contributed by atoms with Crippen molar-refractivity contribution in [2.75, 3.05) is 45.2 Å². The zero-order valence-corrected chi connectivity index (χ0v) is 13.8. The minimum Gasteiger partial charge on any atom is -0.497 e. The van der Waals surface area contributed by atoms with Gasteiger partial charge in [0.15, 0.2) is 0 Å². The number of nitrogens with one attached hydrogen (secondary N) is 2. The molecule has 2 N–H and O–H groups in total. The van der Waals surface area contributed by atoms with E-state index in [1.54, 1.807) is 7.11 Å². The average molecular weight is 336 g/mol. The molecule has 5 nitrogen and oxygen atoms in total. The van der Waals surface area contributed by atoms with E-state index in [-0.39, 0.29) is 30.7 Å². The van der Waals surface area contributed by atoms with E-state index in [1.807, 2.05) is 24.3 Å². The van der Waals surface area contributed by atoms with Gasteiger partial charge < -0.3 is 20.3 Å². The molecule has 0 aliphatic carbocycles. The van der Waals surface area contributed by atoms with Gasteiger partial charge in [0.05, 0.1) is 7.11 Å². The summed E-state index contributed by atoms with van der Waals surface area (Å²) >= 11 is 0. The summed E-state index contributed by atoms with van der Waals surface area (Å²) in [6, 6.07) is 7.41. The highest BCUT2D eigenvalue weighted by atomic mass is 35.5. The van der Waals surface area contributed by atoms with Crippen molar-refractivity contribution in [3.8, 4) is 5.75 Å². The van der Waals surface area contributed by atoms with Crippen molar-refractivity contribution in [1.82, 2.24) is 10.2 Å². The molecule has 21 heavy (non-hydrogen) atoms. The van der Waals surface area contributed by atoms with E-state index in [0.29, 0.717) is 6.42 Å². The Morgan fingerprint density at radius 3 is 2.71 bits per heavy atom. The maximum absolute atomic E-state index is 11.9. The molecule has 0 atom stereocenters. The third-order valence-corrected chi connectivity index (χ3v) is 3.22. The summed E-state index contributed by atoms with van der Waals surface area (Å²) in [5, 5.41) is 6.19. The number of amides is 1. The predicted octanol–water partition coefficient (Wildman–Crippen LogP) is 1.77. The highest BCUT2D eigenvalue weighted by Crippen LogP contribution is 2.16. The molecule has 0 bridgehead atoms. The van der Waals surface area contributed by atoms with Crippen molar-refractivity contribution in [3.05, 3.63) is 24.3 Å². The molecule has 2 rings (SSSR count). The number of anilines is 1. The third-order valence-electron chi connectivity index (χ3n) is 3.22. The van der Waals surface area contributed by atoms with Gasteiger partial charge in [-0.25, -0.2) is 0 Å². The van der Waals surface area contributed by atoms with Gasteiger partial charge in [-0.2, -0.15) is 0 Å². The van der Waals surface area contributed by atoms with Gasteiger partial charge in [-0.3, -0.25) is 4.79 Å². The maximum atomic E-state index is 11.9. The highest BCUT2D eigenvalue weighted by molar-refractivity contribution is 5.91. The minimum atomic E-state index is 0. The number of benzene rings is 1. The van der Waals surface area contributed by atoms with Gasteiger partial charge in [0.25, 0.3) is 0 Å². The lowest BCUT2D eigenvalue weighted by atomic mass is 10.2. The monoisotopic (exact) mass is 335 g/mol. The summed E-state index contributed by atoms with van der Waals surface area (Å²) in [4.78, 5) is 14.2. The van der Waals surface area contributed by atoms with Crippen LogP contribution in [0.2, 0.25) is 0 Å². The lowest BCUT2D eigenvalue weighted by Gasteiger charge is -2.26. The number of ether oxygens (including phenoxy) is 1. The first kappa shape index (κ1) is 20.0. The summed E-state index contributed by atoms with van der Waals surface area (Å²) in [5.41, 5.74) is 0.782. The SMILES string of the molecule is COc1cccc(NC(=O)CCN2CCNCC2)c1.Cl.Cl. The molecule has 1 fully saturated rings. The van der Waals surface area contributed by atoms with Crippen LogP contribution in [0.15, 0.2) is 24.3 Å². The number of rotatable bonds is 5. The van der Waals surface area contributed by atoms with Gasteiger partial charge in [-0.05, 0) is 12.1 Å². The van der Waals surface area contributed by atoms with Crippen molar-refractivity contribution in [3.63, 3.8) is 0 Å². The number of piperazine rings is 1. The molecule has 1 amide bonds. The number of carbonyl (C=O) groups is 1. The summed E-state index contributed by atoms with van der Waals surface area (Å²) in [6.07, 6.45) is 0.525. The standard InChI is InChI=1S/C14H21N3O2.2ClH/c1-19-13-4-2-3-12(11-13)16-14(18)5-8-17-9-6-15-7-10-17;;/h2-4,11,15H,5-10H2,1H3,(H,16,18);2*1H. The fourth-order valence-electron chi connectivity index (χ4n) is 2.12. The molecule has 1 saturated heterocycles. The van der Waals surface area contributed by atoms with Gasteiger partial charge in [-0.1, -0.05) is 6.07 Å². The molecule has 120 valence electrons. The molecule has 0 radical (unpaired) electrons. The molecule has 0 unspecified atom stereocenters. The van der Waals surface area contributed by atoms with Gasteiger partial charge in [0.1, 0.15) is 5.75 Å². The quantitative estimate of drug-likeness (QED) is 0.861. The van der Waals surface area contributed by atoms with E-state index in [1.165, 1.54) is 0 Å². The van der Waals surface area contributed by atoms with Crippen LogP contribution in [-0.4, -0.2) is 50.6 Å². The van der Waals surface area contributed by atoms with Gasteiger partial charge in [0.2, 0.25) is 5.91 Å². The molecule has 1 aliphatic heterocycles. The molecule has 0 aromatic heterocycles. The number of methoxy groups -OCH3 is 1.